The number of fused-ring (bicyclic) bond motifs is 1. The first-order valence-corrected chi connectivity index (χ1v) is 4.63. The van der Waals surface area contributed by atoms with Gasteiger partial charge in [-0.05, 0) is 18.6 Å². The molecule has 0 atom stereocenters. The molecule has 74 valence electrons. The van der Waals surface area contributed by atoms with Crippen molar-refractivity contribution >= 4 is 11.2 Å². The quantitative estimate of drug-likeness (QED) is 0.645. The van der Waals surface area contributed by atoms with Crippen LogP contribution >= 0.6 is 0 Å². The molecular weight excluding hydrogens is 190 g/mol. The number of nitrogens with one attached hydrogen (secondary N) is 1. The Morgan fingerprint density at radius 3 is 3.00 bits per heavy atom. The summed E-state index contributed by atoms with van der Waals surface area (Å²) in [6.07, 6.45) is 7.13. The van der Waals surface area contributed by atoms with Crippen LogP contribution in [0.2, 0.25) is 0 Å². The van der Waals surface area contributed by atoms with E-state index in [2.05, 4.69) is 19.9 Å². The normalized spacial score (nSPS) is 11.0. The molecule has 5 nitrogen and oxygen atoms in total. The van der Waals surface area contributed by atoms with Crippen molar-refractivity contribution in [1.82, 2.24) is 24.5 Å². The monoisotopic (exact) mass is 199 g/mol. The van der Waals surface area contributed by atoms with Gasteiger partial charge in [0, 0.05) is 12.4 Å². The van der Waals surface area contributed by atoms with Gasteiger partial charge < -0.3 is 9.55 Å². The molecule has 0 aliphatic carbocycles. The van der Waals surface area contributed by atoms with Crippen LogP contribution in [0.3, 0.4) is 0 Å². The van der Waals surface area contributed by atoms with Crippen LogP contribution in [0, 0.1) is 6.92 Å². The first-order chi connectivity index (χ1) is 7.34. The third-order valence-corrected chi connectivity index (χ3v) is 2.29. The molecule has 0 aliphatic rings. The van der Waals surface area contributed by atoms with Gasteiger partial charge in [0.25, 0.3) is 0 Å². The largest absolute Gasteiger partial charge is 0.340 e. The summed E-state index contributed by atoms with van der Waals surface area (Å²) >= 11 is 0. The van der Waals surface area contributed by atoms with E-state index in [1.54, 1.807) is 6.33 Å². The molecule has 0 aliphatic heterocycles. The fourth-order valence-corrected chi connectivity index (χ4v) is 1.58. The maximum absolute atomic E-state index is 4.24. The maximum Gasteiger partial charge on any atom is 0.182 e. The molecule has 3 aromatic heterocycles. The standard InChI is InChI=1S/C10H9N5/c1-7-2-3-15(4-7)10-8-9(12-5-11-8)13-6-14-10/h2-6H,1H3,(H,11,12,13,14). The second kappa shape index (κ2) is 2.91. The summed E-state index contributed by atoms with van der Waals surface area (Å²) in [5, 5.41) is 0. The molecule has 0 saturated heterocycles. The second-order valence-corrected chi connectivity index (χ2v) is 3.39. The lowest BCUT2D eigenvalue weighted by Gasteiger charge is -2.01. The average Bonchev–Trinajstić information content (AvgIpc) is 2.84. The zero-order valence-corrected chi connectivity index (χ0v) is 8.18. The van der Waals surface area contributed by atoms with Crippen LogP contribution in [-0.4, -0.2) is 24.5 Å². The lowest BCUT2D eigenvalue weighted by Crippen LogP contribution is -1.96. The van der Waals surface area contributed by atoms with Gasteiger partial charge in [0.15, 0.2) is 11.5 Å². The van der Waals surface area contributed by atoms with Gasteiger partial charge in [0.2, 0.25) is 0 Å². The van der Waals surface area contributed by atoms with Gasteiger partial charge in [-0.25, -0.2) is 15.0 Å². The van der Waals surface area contributed by atoms with E-state index < -0.39 is 0 Å². The number of aromatic nitrogens is 5. The minimum atomic E-state index is 0.686. The lowest BCUT2D eigenvalue weighted by molar-refractivity contribution is 0.998. The first-order valence-electron chi connectivity index (χ1n) is 4.63. The molecule has 15 heavy (non-hydrogen) atoms. The molecule has 3 aromatic rings. The van der Waals surface area contributed by atoms with Crippen molar-refractivity contribution in [3.63, 3.8) is 0 Å². The third kappa shape index (κ3) is 1.20. The Morgan fingerprint density at radius 2 is 2.20 bits per heavy atom. The first kappa shape index (κ1) is 8.16. The number of hydrogen-bond acceptors (Lipinski definition) is 3. The topological polar surface area (TPSA) is 59.4 Å². The number of nitrogens with zero attached hydrogens (tertiary/aromatic N) is 4. The fraction of sp³-hybridized carbons (Fsp3) is 0.100. The smallest absolute Gasteiger partial charge is 0.182 e. The molecule has 0 spiro atoms. The molecule has 0 radical (unpaired) electrons. The van der Waals surface area contributed by atoms with E-state index >= 15 is 0 Å². The van der Waals surface area contributed by atoms with E-state index in [9.17, 15) is 0 Å². The summed E-state index contributed by atoms with van der Waals surface area (Å²) in [5.74, 6) is 0.825. The van der Waals surface area contributed by atoms with E-state index in [0.717, 1.165) is 11.3 Å². The Balaban J connectivity index is 2.30. The van der Waals surface area contributed by atoms with Crippen molar-refractivity contribution in [3.8, 4) is 5.82 Å². The summed E-state index contributed by atoms with van der Waals surface area (Å²) in [7, 11) is 0. The molecule has 5 heteroatoms. The van der Waals surface area contributed by atoms with E-state index in [0.29, 0.717) is 5.65 Å². The Labute approximate surface area is 85.8 Å². The van der Waals surface area contributed by atoms with Crippen molar-refractivity contribution < 1.29 is 0 Å². The average molecular weight is 199 g/mol. The van der Waals surface area contributed by atoms with Gasteiger partial charge in [-0.3, -0.25) is 0 Å². The highest BCUT2D eigenvalue weighted by atomic mass is 15.1. The highest BCUT2D eigenvalue weighted by molar-refractivity contribution is 5.77. The summed E-state index contributed by atoms with van der Waals surface area (Å²) < 4.78 is 1.96. The van der Waals surface area contributed by atoms with Crippen LogP contribution in [0.5, 0.6) is 0 Å². The molecule has 0 bridgehead atoms. The van der Waals surface area contributed by atoms with Gasteiger partial charge in [0.05, 0.1) is 6.33 Å². The summed E-state index contributed by atoms with van der Waals surface area (Å²) in [4.78, 5) is 15.4. The summed E-state index contributed by atoms with van der Waals surface area (Å²) in [6.45, 7) is 2.04. The van der Waals surface area contributed by atoms with Crippen LogP contribution in [0.15, 0.2) is 31.1 Å². The number of aromatic amines is 1. The van der Waals surface area contributed by atoms with E-state index in [4.69, 9.17) is 0 Å². The number of H-pyrrole nitrogens is 1. The Morgan fingerprint density at radius 1 is 1.27 bits per heavy atom. The molecular formula is C10H9N5. The van der Waals surface area contributed by atoms with Gasteiger partial charge >= 0.3 is 0 Å². The Kier molecular flexibility index (Phi) is 1.58. The SMILES string of the molecule is Cc1ccn(-c2ncnc3nc[nH]c23)c1. The second-order valence-electron chi connectivity index (χ2n) is 3.39. The van der Waals surface area contributed by atoms with Gasteiger partial charge in [0.1, 0.15) is 11.8 Å². The zero-order valence-electron chi connectivity index (χ0n) is 8.18. The van der Waals surface area contributed by atoms with E-state index in [1.807, 2.05) is 30.0 Å². The lowest BCUT2D eigenvalue weighted by atomic mass is 10.4. The predicted molar refractivity (Wildman–Crippen MR) is 55.7 cm³/mol. The molecule has 1 N–H and O–H groups in total. The van der Waals surface area contributed by atoms with Crippen molar-refractivity contribution in [1.29, 1.82) is 0 Å². The van der Waals surface area contributed by atoms with E-state index in [1.165, 1.54) is 11.9 Å². The summed E-state index contributed by atoms with van der Waals surface area (Å²) in [6, 6.07) is 2.03. The van der Waals surface area contributed by atoms with Crippen LogP contribution in [-0.2, 0) is 0 Å². The molecule has 0 fully saturated rings. The number of rotatable bonds is 1. The van der Waals surface area contributed by atoms with Crippen molar-refractivity contribution in [2.24, 2.45) is 0 Å². The third-order valence-electron chi connectivity index (χ3n) is 2.29. The van der Waals surface area contributed by atoms with Crippen LogP contribution in [0.1, 0.15) is 5.56 Å². The number of imidazole rings is 1. The molecule has 0 aromatic carbocycles. The molecule has 0 saturated carbocycles. The molecule has 0 unspecified atom stereocenters. The highest BCUT2D eigenvalue weighted by Gasteiger charge is 2.06. The highest BCUT2D eigenvalue weighted by Crippen LogP contribution is 2.15. The predicted octanol–water partition coefficient (Wildman–Crippen LogP) is 1.45. The van der Waals surface area contributed by atoms with Crippen molar-refractivity contribution in [2.45, 2.75) is 6.92 Å². The maximum atomic E-state index is 4.24. The van der Waals surface area contributed by atoms with Crippen LogP contribution < -0.4 is 0 Å². The fourth-order valence-electron chi connectivity index (χ4n) is 1.58. The number of aryl methyl sites for hydroxylation is 1. The van der Waals surface area contributed by atoms with Crippen molar-refractivity contribution in [3.05, 3.63) is 36.7 Å². The summed E-state index contributed by atoms with van der Waals surface area (Å²) in [5.41, 5.74) is 2.74. The van der Waals surface area contributed by atoms with E-state index in [-0.39, 0.29) is 0 Å². The minimum absolute atomic E-state index is 0.686. The zero-order chi connectivity index (χ0) is 10.3. The molecule has 3 rings (SSSR count). The number of hydrogen-bond donors (Lipinski definition) is 1. The Bertz CT molecular complexity index is 607. The van der Waals surface area contributed by atoms with Crippen LogP contribution in [0.25, 0.3) is 17.0 Å². The van der Waals surface area contributed by atoms with Crippen LogP contribution in [0.4, 0.5) is 0 Å². The van der Waals surface area contributed by atoms with Gasteiger partial charge in [-0.2, -0.15) is 0 Å². The Hall–Kier alpha value is -2.17. The van der Waals surface area contributed by atoms with Gasteiger partial charge in [-0.15, -0.1) is 0 Å². The molecule has 3 heterocycles. The molecule has 0 amide bonds. The van der Waals surface area contributed by atoms with Gasteiger partial charge in [-0.1, -0.05) is 0 Å². The minimum Gasteiger partial charge on any atom is -0.340 e. The van der Waals surface area contributed by atoms with Crippen molar-refractivity contribution in [2.75, 3.05) is 0 Å².